The van der Waals surface area contributed by atoms with E-state index < -0.39 is 0 Å². The lowest BCUT2D eigenvalue weighted by molar-refractivity contribution is -0.124. The Bertz CT molecular complexity index is 560. The van der Waals surface area contributed by atoms with Gasteiger partial charge in [-0.1, -0.05) is 32.5 Å². The topological polar surface area (TPSA) is 95.2 Å². The normalized spacial score (nSPS) is 15.7. The average Bonchev–Trinajstić information content (AvgIpc) is 2.99. The lowest BCUT2D eigenvalue weighted by Gasteiger charge is -2.14. The van der Waals surface area contributed by atoms with Gasteiger partial charge in [0.15, 0.2) is 0 Å². The second-order valence-corrected chi connectivity index (χ2v) is 6.70. The van der Waals surface area contributed by atoms with Crippen molar-refractivity contribution in [3.8, 4) is 0 Å². The van der Waals surface area contributed by atoms with E-state index in [0.717, 1.165) is 22.4 Å². The fraction of sp³-hybridized carbons (Fsp3) is 0.538. The molecule has 2 heterocycles. The van der Waals surface area contributed by atoms with Gasteiger partial charge in [0, 0.05) is 24.2 Å². The number of carbonyl (C=O) groups is 3. The van der Waals surface area contributed by atoms with E-state index in [1.165, 1.54) is 0 Å². The standard InChI is InChI=1S/C13H18N4O3S/c1-13(2,3)9-6-8(15-16-9)11(19)14-4-5-17-10(18)7-21-12(17)20/h6H,4-5,7H2,1-3H3,(H,14,19)(H,15,16). The van der Waals surface area contributed by atoms with Crippen LogP contribution >= 0.6 is 11.8 Å². The van der Waals surface area contributed by atoms with E-state index in [0.29, 0.717) is 5.69 Å². The predicted octanol–water partition coefficient (Wildman–Crippen LogP) is 1.13. The van der Waals surface area contributed by atoms with E-state index >= 15 is 0 Å². The molecule has 8 heteroatoms. The number of aromatic nitrogens is 2. The molecule has 2 rings (SSSR count). The number of H-pyrrole nitrogens is 1. The number of hydrogen-bond donors (Lipinski definition) is 2. The molecule has 0 aliphatic carbocycles. The lowest BCUT2D eigenvalue weighted by atomic mass is 9.92. The Hall–Kier alpha value is -1.83. The summed E-state index contributed by atoms with van der Waals surface area (Å²) >= 11 is 0.982. The third kappa shape index (κ3) is 3.63. The number of carbonyl (C=O) groups excluding carboxylic acids is 3. The second kappa shape index (κ2) is 5.88. The van der Waals surface area contributed by atoms with Gasteiger partial charge in [0.2, 0.25) is 5.91 Å². The summed E-state index contributed by atoms with van der Waals surface area (Å²) in [4.78, 5) is 35.9. The fourth-order valence-corrected chi connectivity index (χ4v) is 2.54. The van der Waals surface area contributed by atoms with Crippen molar-refractivity contribution in [2.24, 2.45) is 0 Å². The van der Waals surface area contributed by atoms with Gasteiger partial charge in [-0.2, -0.15) is 5.10 Å². The first-order valence-electron chi connectivity index (χ1n) is 6.60. The van der Waals surface area contributed by atoms with Crippen molar-refractivity contribution < 1.29 is 14.4 Å². The molecule has 0 bridgehead atoms. The second-order valence-electron chi connectivity index (χ2n) is 5.77. The van der Waals surface area contributed by atoms with Crippen LogP contribution in [0, 0.1) is 0 Å². The Kier molecular flexibility index (Phi) is 4.36. The SMILES string of the molecule is CC(C)(C)c1cc(C(=O)NCCN2C(=O)CSC2=O)n[nH]1. The van der Waals surface area contributed by atoms with E-state index in [1.807, 2.05) is 20.8 Å². The third-order valence-electron chi connectivity index (χ3n) is 3.08. The molecule has 2 N–H and O–H groups in total. The monoisotopic (exact) mass is 310 g/mol. The van der Waals surface area contributed by atoms with Crippen LogP contribution in [0.1, 0.15) is 37.0 Å². The van der Waals surface area contributed by atoms with Crippen molar-refractivity contribution in [3.63, 3.8) is 0 Å². The van der Waals surface area contributed by atoms with Crippen LogP contribution in [-0.2, 0) is 10.2 Å². The van der Waals surface area contributed by atoms with Gasteiger partial charge in [-0.15, -0.1) is 0 Å². The molecule has 0 spiro atoms. The molecule has 7 nitrogen and oxygen atoms in total. The van der Waals surface area contributed by atoms with Crippen LogP contribution in [0.4, 0.5) is 4.79 Å². The van der Waals surface area contributed by atoms with E-state index in [-0.39, 0.29) is 41.3 Å². The molecule has 0 unspecified atom stereocenters. The summed E-state index contributed by atoms with van der Waals surface area (Å²) in [7, 11) is 0. The van der Waals surface area contributed by atoms with E-state index in [4.69, 9.17) is 0 Å². The number of nitrogens with one attached hydrogen (secondary N) is 2. The summed E-state index contributed by atoms with van der Waals surface area (Å²) in [6, 6.07) is 1.71. The average molecular weight is 310 g/mol. The number of imide groups is 1. The van der Waals surface area contributed by atoms with Crippen LogP contribution in [0.2, 0.25) is 0 Å². The highest BCUT2D eigenvalue weighted by atomic mass is 32.2. The van der Waals surface area contributed by atoms with Gasteiger partial charge in [0.05, 0.1) is 5.75 Å². The number of thioether (sulfide) groups is 1. The summed E-state index contributed by atoms with van der Waals surface area (Å²) in [5.41, 5.74) is 1.05. The molecule has 0 saturated carbocycles. The van der Waals surface area contributed by atoms with Gasteiger partial charge in [0.25, 0.3) is 11.1 Å². The molecule has 21 heavy (non-hydrogen) atoms. The Morgan fingerprint density at radius 3 is 2.71 bits per heavy atom. The number of hydrogen-bond acceptors (Lipinski definition) is 5. The van der Waals surface area contributed by atoms with Crippen LogP contribution in [-0.4, -0.2) is 51.0 Å². The number of rotatable bonds is 4. The summed E-state index contributed by atoms with van der Waals surface area (Å²) in [5, 5.41) is 9.21. The predicted molar refractivity (Wildman–Crippen MR) is 79.2 cm³/mol. The zero-order valence-corrected chi connectivity index (χ0v) is 13.0. The summed E-state index contributed by atoms with van der Waals surface area (Å²) < 4.78 is 0. The molecule has 1 aromatic rings. The molecule has 0 radical (unpaired) electrons. The molecule has 1 aromatic heterocycles. The van der Waals surface area contributed by atoms with E-state index in [9.17, 15) is 14.4 Å². The minimum absolute atomic E-state index is 0.114. The molecule has 0 atom stereocenters. The molecule has 114 valence electrons. The minimum atomic E-state index is -0.325. The quantitative estimate of drug-likeness (QED) is 0.869. The van der Waals surface area contributed by atoms with Crippen LogP contribution in [0.15, 0.2) is 6.07 Å². The Balaban J connectivity index is 1.86. The molecule has 1 aliphatic rings. The smallest absolute Gasteiger partial charge is 0.288 e. The lowest BCUT2D eigenvalue weighted by Crippen LogP contribution is -2.37. The fourth-order valence-electron chi connectivity index (χ4n) is 1.79. The Morgan fingerprint density at radius 1 is 1.48 bits per heavy atom. The van der Waals surface area contributed by atoms with Crippen molar-refractivity contribution in [3.05, 3.63) is 17.5 Å². The van der Waals surface area contributed by atoms with E-state index in [1.54, 1.807) is 6.07 Å². The van der Waals surface area contributed by atoms with Crippen molar-refractivity contribution in [1.82, 2.24) is 20.4 Å². The van der Waals surface area contributed by atoms with Crippen molar-refractivity contribution in [1.29, 1.82) is 0 Å². The van der Waals surface area contributed by atoms with Crippen molar-refractivity contribution >= 4 is 28.8 Å². The van der Waals surface area contributed by atoms with Crippen molar-refractivity contribution in [2.45, 2.75) is 26.2 Å². The van der Waals surface area contributed by atoms with Crippen LogP contribution in [0.25, 0.3) is 0 Å². The summed E-state index contributed by atoms with van der Waals surface area (Å²) in [6.45, 7) is 6.46. The molecule has 0 aromatic carbocycles. The van der Waals surface area contributed by atoms with Gasteiger partial charge in [-0.25, -0.2) is 0 Å². The first-order chi connectivity index (χ1) is 9.79. The van der Waals surface area contributed by atoms with Gasteiger partial charge in [0.1, 0.15) is 5.69 Å². The number of nitrogens with zero attached hydrogens (tertiary/aromatic N) is 2. The van der Waals surface area contributed by atoms with Crippen molar-refractivity contribution in [2.75, 3.05) is 18.8 Å². The Labute approximate surface area is 126 Å². The largest absolute Gasteiger partial charge is 0.349 e. The highest BCUT2D eigenvalue weighted by Crippen LogP contribution is 2.20. The zero-order chi connectivity index (χ0) is 15.6. The summed E-state index contributed by atoms with van der Waals surface area (Å²) in [6.07, 6.45) is 0. The first-order valence-corrected chi connectivity index (χ1v) is 7.59. The molecule has 1 aliphatic heterocycles. The molecule has 1 saturated heterocycles. The number of amides is 3. The highest BCUT2D eigenvalue weighted by Gasteiger charge is 2.29. The highest BCUT2D eigenvalue weighted by molar-refractivity contribution is 8.14. The van der Waals surface area contributed by atoms with E-state index in [2.05, 4.69) is 15.5 Å². The molecule has 1 fully saturated rings. The van der Waals surface area contributed by atoms with Gasteiger partial charge in [-0.3, -0.25) is 24.4 Å². The summed E-state index contributed by atoms with van der Waals surface area (Å²) in [5.74, 6) is -0.358. The minimum Gasteiger partial charge on any atom is -0.349 e. The van der Waals surface area contributed by atoms with Gasteiger partial charge < -0.3 is 5.32 Å². The zero-order valence-electron chi connectivity index (χ0n) is 12.2. The number of aromatic amines is 1. The van der Waals surface area contributed by atoms with Crippen LogP contribution in [0.5, 0.6) is 0 Å². The maximum Gasteiger partial charge on any atom is 0.288 e. The van der Waals surface area contributed by atoms with Gasteiger partial charge >= 0.3 is 0 Å². The first kappa shape index (κ1) is 15.6. The third-order valence-corrected chi connectivity index (χ3v) is 3.94. The Morgan fingerprint density at radius 2 is 2.19 bits per heavy atom. The molecular weight excluding hydrogens is 292 g/mol. The van der Waals surface area contributed by atoms with Gasteiger partial charge in [-0.05, 0) is 6.07 Å². The maximum absolute atomic E-state index is 11.9. The van der Waals surface area contributed by atoms with Crippen LogP contribution in [0.3, 0.4) is 0 Å². The maximum atomic E-state index is 11.9. The van der Waals surface area contributed by atoms with Crippen LogP contribution < -0.4 is 5.32 Å². The molecule has 3 amide bonds. The molecular formula is C13H18N4O3S.